The molecule has 1 rings (SSSR count). The molecule has 0 spiro atoms. The van der Waals surface area contributed by atoms with Crippen molar-refractivity contribution < 1.29 is 14.3 Å². The first-order valence-corrected chi connectivity index (χ1v) is 10.7. The first kappa shape index (κ1) is 24.2. The Bertz CT molecular complexity index is 554. The Hall–Kier alpha value is -1.85. The zero-order chi connectivity index (χ0) is 20.8. The molecule has 0 saturated heterocycles. The predicted octanol–water partition coefficient (Wildman–Crippen LogP) is 5.77. The summed E-state index contributed by atoms with van der Waals surface area (Å²) >= 11 is 0. The van der Waals surface area contributed by atoms with Crippen molar-refractivity contribution in [3.63, 3.8) is 0 Å². The smallest absolute Gasteiger partial charge is 0.244 e. The van der Waals surface area contributed by atoms with Crippen LogP contribution in [-0.2, 0) is 4.79 Å². The van der Waals surface area contributed by atoms with Crippen LogP contribution in [0.2, 0.25) is 0 Å². The zero-order valence-corrected chi connectivity index (χ0v) is 18.5. The SMILES string of the molecule is CCCCCCCCCCCCC(C)(C)C(=O)Nc1c(OC)ncnc1OC. The monoisotopic (exact) mass is 393 g/mol. The quantitative estimate of drug-likeness (QED) is 0.383. The molecule has 28 heavy (non-hydrogen) atoms. The third-order valence-corrected chi connectivity index (χ3v) is 5.17. The number of hydrogen-bond donors (Lipinski definition) is 1. The third kappa shape index (κ3) is 8.44. The van der Waals surface area contributed by atoms with Gasteiger partial charge in [-0.3, -0.25) is 4.79 Å². The topological polar surface area (TPSA) is 73.3 Å². The molecule has 6 nitrogen and oxygen atoms in total. The molecule has 1 amide bonds. The fraction of sp³-hybridized carbons (Fsp3) is 0.773. The van der Waals surface area contributed by atoms with Gasteiger partial charge in [0.25, 0.3) is 0 Å². The molecule has 0 atom stereocenters. The lowest BCUT2D eigenvalue weighted by Crippen LogP contribution is -2.31. The van der Waals surface area contributed by atoms with Crippen LogP contribution in [0, 0.1) is 5.41 Å². The molecule has 0 fully saturated rings. The Balaban J connectivity index is 2.36. The van der Waals surface area contributed by atoms with Crippen LogP contribution in [0.3, 0.4) is 0 Å². The molecule has 1 aromatic rings. The van der Waals surface area contributed by atoms with Gasteiger partial charge in [-0.1, -0.05) is 85.0 Å². The third-order valence-electron chi connectivity index (χ3n) is 5.17. The largest absolute Gasteiger partial charge is 0.479 e. The van der Waals surface area contributed by atoms with E-state index in [9.17, 15) is 4.79 Å². The van der Waals surface area contributed by atoms with Gasteiger partial charge < -0.3 is 14.8 Å². The Morgan fingerprint density at radius 2 is 1.36 bits per heavy atom. The van der Waals surface area contributed by atoms with Crippen LogP contribution < -0.4 is 14.8 Å². The molecule has 0 aliphatic rings. The van der Waals surface area contributed by atoms with Crippen molar-refractivity contribution in [2.75, 3.05) is 19.5 Å². The Morgan fingerprint density at radius 3 is 1.82 bits per heavy atom. The zero-order valence-electron chi connectivity index (χ0n) is 18.5. The highest BCUT2D eigenvalue weighted by atomic mass is 16.5. The molecule has 0 bridgehead atoms. The molecule has 160 valence electrons. The van der Waals surface area contributed by atoms with E-state index in [0.29, 0.717) is 17.4 Å². The van der Waals surface area contributed by atoms with Gasteiger partial charge in [-0.2, -0.15) is 9.97 Å². The second-order valence-electron chi connectivity index (χ2n) is 8.04. The van der Waals surface area contributed by atoms with E-state index in [1.54, 1.807) is 0 Å². The summed E-state index contributed by atoms with van der Waals surface area (Å²) in [6, 6.07) is 0. The highest BCUT2D eigenvalue weighted by Crippen LogP contribution is 2.33. The summed E-state index contributed by atoms with van der Waals surface area (Å²) < 4.78 is 10.4. The average Bonchev–Trinajstić information content (AvgIpc) is 2.69. The minimum atomic E-state index is -0.480. The van der Waals surface area contributed by atoms with E-state index >= 15 is 0 Å². The number of amides is 1. The van der Waals surface area contributed by atoms with Gasteiger partial charge in [-0.05, 0) is 6.42 Å². The summed E-state index contributed by atoms with van der Waals surface area (Å²) in [5.41, 5.74) is -0.0971. The van der Waals surface area contributed by atoms with Gasteiger partial charge in [0.1, 0.15) is 6.33 Å². The van der Waals surface area contributed by atoms with E-state index in [4.69, 9.17) is 9.47 Å². The van der Waals surface area contributed by atoms with Gasteiger partial charge in [0, 0.05) is 5.41 Å². The number of nitrogens with zero attached hydrogens (tertiary/aromatic N) is 2. The highest BCUT2D eigenvalue weighted by molar-refractivity contribution is 5.96. The Labute approximate surface area is 170 Å². The number of carbonyl (C=O) groups is 1. The van der Waals surface area contributed by atoms with Crippen molar-refractivity contribution in [2.24, 2.45) is 5.41 Å². The predicted molar refractivity (Wildman–Crippen MR) is 114 cm³/mol. The lowest BCUT2D eigenvalue weighted by Gasteiger charge is -2.24. The normalized spacial score (nSPS) is 11.3. The Kier molecular flexibility index (Phi) is 11.5. The van der Waals surface area contributed by atoms with Gasteiger partial charge in [0.2, 0.25) is 17.7 Å². The summed E-state index contributed by atoms with van der Waals surface area (Å²) in [7, 11) is 3.01. The molecular weight excluding hydrogens is 354 g/mol. The van der Waals surface area contributed by atoms with Crippen LogP contribution in [0.4, 0.5) is 5.69 Å². The first-order chi connectivity index (χ1) is 13.5. The first-order valence-electron chi connectivity index (χ1n) is 10.7. The number of anilines is 1. The van der Waals surface area contributed by atoms with Crippen molar-refractivity contribution >= 4 is 11.6 Å². The number of rotatable bonds is 15. The van der Waals surface area contributed by atoms with Gasteiger partial charge >= 0.3 is 0 Å². The highest BCUT2D eigenvalue weighted by Gasteiger charge is 2.29. The van der Waals surface area contributed by atoms with Gasteiger partial charge in [-0.15, -0.1) is 0 Å². The van der Waals surface area contributed by atoms with Crippen LogP contribution in [0.25, 0.3) is 0 Å². The fourth-order valence-corrected chi connectivity index (χ4v) is 3.22. The fourth-order valence-electron chi connectivity index (χ4n) is 3.22. The van der Waals surface area contributed by atoms with Crippen molar-refractivity contribution in [3.05, 3.63) is 6.33 Å². The Morgan fingerprint density at radius 1 is 0.893 bits per heavy atom. The summed E-state index contributed by atoms with van der Waals surface area (Å²) in [4.78, 5) is 20.9. The number of carbonyl (C=O) groups excluding carboxylic acids is 1. The van der Waals surface area contributed by atoms with Crippen LogP contribution in [-0.4, -0.2) is 30.1 Å². The summed E-state index contributed by atoms with van der Waals surface area (Å²) in [5.74, 6) is 0.527. The number of nitrogens with one attached hydrogen (secondary N) is 1. The van der Waals surface area contributed by atoms with Crippen LogP contribution >= 0.6 is 0 Å². The molecule has 0 aromatic carbocycles. The van der Waals surface area contributed by atoms with E-state index in [1.165, 1.54) is 78.3 Å². The lowest BCUT2D eigenvalue weighted by molar-refractivity contribution is -0.124. The number of unbranched alkanes of at least 4 members (excludes halogenated alkanes) is 9. The molecule has 0 aliphatic heterocycles. The van der Waals surface area contributed by atoms with Gasteiger partial charge in [-0.25, -0.2) is 0 Å². The molecule has 6 heteroatoms. The standard InChI is InChI=1S/C22H39N3O3/c1-6-7-8-9-10-11-12-13-14-15-16-22(2,3)21(26)25-18-19(27-4)23-17-24-20(18)28-5/h17H,6-16H2,1-5H3,(H,25,26). The van der Waals surface area contributed by atoms with Crippen LogP contribution in [0.1, 0.15) is 91.4 Å². The van der Waals surface area contributed by atoms with Crippen molar-refractivity contribution in [3.8, 4) is 11.8 Å². The minimum Gasteiger partial charge on any atom is -0.479 e. The molecule has 1 aromatic heterocycles. The minimum absolute atomic E-state index is 0.0742. The van der Waals surface area contributed by atoms with Crippen molar-refractivity contribution in [1.82, 2.24) is 9.97 Å². The molecular formula is C22H39N3O3. The molecule has 1 N–H and O–H groups in total. The van der Waals surface area contributed by atoms with E-state index in [0.717, 1.165) is 12.8 Å². The van der Waals surface area contributed by atoms with E-state index < -0.39 is 5.41 Å². The maximum absolute atomic E-state index is 12.8. The maximum Gasteiger partial charge on any atom is 0.244 e. The molecule has 0 radical (unpaired) electrons. The second-order valence-corrected chi connectivity index (χ2v) is 8.04. The summed E-state index contributed by atoms with van der Waals surface area (Å²) in [5, 5.41) is 2.89. The number of methoxy groups -OCH3 is 2. The van der Waals surface area contributed by atoms with E-state index in [2.05, 4.69) is 22.2 Å². The lowest BCUT2D eigenvalue weighted by atomic mass is 9.85. The van der Waals surface area contributed by atoms with E-state index in [-0.39, 0.29) is 5.91 Å². The van der Waals surface area contributed by atoms with Gasteiger partial charge in [0.15, 0.2) is 5.69 Å². The van der Waals surface area contributed by atoms with E-state index in [1.807, 2.05) is 13.8 Å². The molecule has 1 heterocycles. The van der Waals surface area contributed by atoms with Crippen molar-refractivity contribution in [1.29, 1.82) is 0 Å². The van der Waals surface area contributed by atoms with Crippen LogP contribution in [0.5, 0.6) is 11.8 Å². The number of hydrogen-bond acceptors (Lipinski definition) is 5. The molecule has 0 saturated carbocycles. The van der Waals surface area contributed by atoms with Gasteiger partial charge in [0.05, 0.1) is 14.2 Å². The summed E-state index contributed by atoms with van der Waals surface area (Å²) in [6.45, 7) is 6.19. The average molecular weight is 394 g/mol. The maximum atomic E-state index is 12.8. The van der Waals surface area contributed by atoms with Crippen molar-refractivity contribution in [2.45, 2.75) is 91.4 Å². The molecule has 0 aliphatic carbocycles. The second kappa shape index (κ2) is 13.3. The molecule has 0 unspecified atom stereocenters. The number of ether oxygens (including phenoxy) is 2. The summed E-state index contributed by atoms with van der Waals surface area (Å²) in [6.07, 6.45) is 15.1. The van der Waals surface area contributed by atoms with Crippen LogP contribution in [0.15, 0.2) is 6.33 Å². The number of aromatic nitrogens is 2.